The van der Waals surface area contributed by atoms with Gasteiger partial charge in [0.25, 0.3) is 0 Å². The van der Waals surface area contributed by atoms with Crippen LogP contribution in [0.4, 0.5) is 0 Å². The summed E-state index contributed by atoms with van der Waals surface area (Å²) in [4.78, 5) is 2.39. The Kier molecular flexibility index (Phi) is 2.50. The highest BCUT2D eigenvalue weighted by molar-refractivity contribution is 4.96. The first kappa shape index (κ1) is 10.0. The SMILES string of the molecule is CN1CC[C@](C)(NC(C)(C)C)C1. The Morgan fingerprint density at radius 3 is 2.25 bits per heavy atom. The topological polar surface area (TPSA) is 15.3 Å². The normalized spacial score (nSPS) is 32.8. The van der Waals surface area contributed by atoms with Crippen LogP contribution in [-0.2, 0) is 0 Å². The number of likely N-dealkylation sites (tertiary alicyclic amines) is 1. The summed E-state index contributed by atoms with van der Waals surface area (Å²) in [5.41, 5.74) is 0.562. The average Bonchev–Trinajstić information content (AvgIpc) is 2.05. The van der Waals surface area contributed by atoms with Crippen LogP contribution >= 0.6 is 0 Å². The molecule has 0 saturated carbocycles. The highest BCUT2D eigenvalue weighted by atomic mass is 15.2. The molecule has 0 amide bonds. The molecule has 1 aliphatic rings. The van der Waals surface area contributed by atoms with Crippen molar-refractivity contribution >= 4 is 0 Å². The standard InChI is InChI=1S/C10H22N2/c1-9(2,3)11-10(4)6-7-12(5)8-10/h11H,6-8H2,1-5H3/t10-/m0/s1. The molecule has 0 aliphatic carbocycles. The number of likely N-dealkylation sites (N-methyl/N-ethyl adjacent to an activating group) is 1. The van der Waals surface area contributed by atoms with Crippen LogP contribution in [0.25, 0.3) is 0 Å². The van der Waals surface area contributed by atoms with Crippen LogP contribution in [0.15, 0.2) is 0 Å². The molecule has 0 aromatic carbocycles. The average molecular weight is 170 g/mol. The minimum atomic E-state index is 0.236. The predicted molar refractivity (Wildman–Crippen MR) is 53.4 cm³/mol. The fourth-order valence-electron chi connectivity index (χ4n) is 2.20. The van der Waals surface area contributed by atoms with E-state index in [0.717, 1.165) is 0 Å². The molecule has 2 heteroatoms. The Labute approximate surface area is 76.3 Å². The van der Waals surface area contributed by atoms with E-state index in [-0.39, 0.29) is 5.54 Å². The van der Waals surface area contributed by atoms with Crippen LogP contribution in [0.2, 0.25) is 0 Å². The maximum absolute atomic E-state index is 3.68. The van der Waals surface area contributed by atoms with Gasteiger partial charge >= 0.3 is 0 Å². The van der Waals surface area contributed by atoms with Gasteiger partial charge in [0.1, 0.15) is 0 Å². The molecule has 0 aromatic heterocycles. The minimum Gasteiger partial charge on any atom is -0.306 e. The lowest BCUT2D eigenvalue weighted by Gasteiger charge is -2.34. The molecule has 1 rings (SSSR count). The Morgan fingerprint density at radius 1 is 1.33 bits per heavy atom. The molecule has 1 atom stereocenters. The molecule has 2 nitrogen and oxygen atoms in total. The van der Waals surface area contributed by atoms with Gasteiger partial charge in [0.05, 0.1) is 0 Å². The van der Waals surface area contributed by atoms with Crippen LogP contribution in [-0.4, -0.2) is 36.1 Å². The third-order valence-corrected chi connectivity index (χ3v) is 2.34. The number of hydrogen-bond acceptors (Lipinski definition) is 2. The summed E-state index contributed by atoms with van der Waals surface area (Å²) in [6, 6.07) is 0. The molecule has 1 N–H and O–H groups in total. The lowest BCUT2D eigenvalue weighted by Crippen LogP contribution is -2.53. The second kappa shape index (κ2) is 3.00. The first-order chi connectivity index (χ1) is 5.31. The number of nitrogens with one attached hydrogen (secondary N) is 1. The van der Waals surface area contributed by atoms with E-state index in [4.69, 9.17) is 0 Å². The predicted octanol–water partition coefficient (Wildman–Crippen LogP) is 1.47. The van der Waals surface area contributed by atoms with E-state index in [1.165, 1.54) is 19.5 Å². The first-order valence-corrected chi connectivity index (χ1v) is 4.79. The van der Waals surface area contributed by atoms with E-state index in [9.17, 15) is 0 Å². The summed E-state index contributed by atoms with van der Waals surface area (Å²) < 4.78 is 0. The van der Waals surface area contributed by atoms with Crippen LogP contribution in [0.3, 0.4) is 0 Å². The quantitative estimate of drug-likeness (QED) is 0.641. The first-order valence-electron chi connectivity index (χ1n) is 4.79. The molecule has 12 heavy (non-hydrogen) atoms. The monoisotopic (exact) mass is 170 g/mol. The van der Waals surface area contributed by atoms with Gasteiger partial charge < -0.3 is 10.2 Å². The van der Waals surface area contributed by atoms with Gasteiger partial charge in [-0.05, 0) is 47.7 Å². The van der Waals surface area contributed by atoms with Gasteiger partial charge in [-0.15, -0.1) is 0 Å². The highest BCUT2D eigenvalue weighted by Gasteiger charge is 2.34. The third-order valence-electron chi connectivity index (χ3n) is 2.34. The summed E-state index contributed by atoms with van der Waals surface area (Å²) in [6.45, 7) is 11.4. The minimum absolute atomic E-state index is 0.236. The Balaban J connectivity index is 2.51. The third kappa shape index (κ3) is 2.76. The van der Waals surface area contributed by atoms with Crippen LogP contribution in [0, 0.1) is 0 Å². The molecule has 0 unspecified atom stereocenters. The van der Waals surface area contributed by atoms with Crippen molar-refractivity contribution in [2.24, 2.45) is 0 Å². The van der Waals surface area contributed by atoms with Crippen molar-refractivity contribution in [1.29, 1.82) is 0 Å². The van der Waals surface area contributed by atoms with Crippen LogP contribution in [0.1, 0.15) is 34.1 Å². The molecule has 1 heterocycles. The Bertz CT molecular complexity index is 160. The summed E-state index contributed by atoms with van der Waals surface area (Å²) in [5, 5.41) is 3.68. The van der Waals surface area contributed by atoms with E-state index in [1.807, 2.05) is 0 Å². The van der Waals surface area contributed by atoms with Gasteiger partial charge in [-0.1, -0.05) is 0 Å². The van der Waals surface area contributed by atoms with Gasteiger partial charge in [-0.3, -0.25) is 0 Å². The second-order valence-electron chi connectivity index (χ2n) is 5.42. The lowest BCUT2D eigenvalue weighted by atomic mass is 9.96. The molecule has 1 saturated heterocycles. The zero-order valence-electron chi connectivity index (χ0n) is 9.07. The van der Waals surface area contributed by atoms with Gasteiger partial charge in [0.15, 0.2) is 0 Å². The molecule has 0 radical (unpaired) electrons. The van der Waals surface area contributed by atoms with E-state index >= 15 is 0 Å². The molecule has 0 spiro atoms. The second-order valence-corrected chi connectivity index (χ2v) is 5.42. The number of hydrogen-bond donors (Lipinski definition) is 1. The smallest absolute Gasteiger partial charge is 0.0297 e. The van der Waals surface area contributed by atoms with E-state index in [2.05, 4.69) is 45.0 Å². The van der Waals surface area contributed by atoms with E-state index < -0.39 is 0 Å². The number of rotatable bonds is 1. The molecular formula is C10H22N2. The maximum Gasteiger partial charge on any atom is 0.0297 e. The summed E-state index contributed by atoms with van der Waals surface area (Å²) in [7, 11) is 2.19. The van der Waals surface area contributed by atoms with Gasteiger partial charge in [0.2, 0.25) is 0 Å². The molecule has 0 bridgehead atoms. The summed E-state index contributed by atoms with van der Waals surface area (Å²) in [5.74, 6) is 0. The lowest BCUT2D eigenvalue weighted by molar-refractivity contribution is 0.260. The fraction of sp³-hybridized carbons (Fsp3) is 1.00. The molecular weight excluding hydrogens is 148 g/mol. The maximum atomic E-state index is 3.68. The van der Waals surface area contributed by atoms with Crippen molar-refractivity contribution in [1.82, 2.24) is 10.2 Å². The number of nitrogens with zero attached hydrogens (tertiary/aromatic N) is 1. The van der Waals surface area contributed by atoms with Crippen molar-refractivity contribution in [3.8, 4) is 0 Å². The largest absolute Gasteiger partial charge is 0.306 e. The Hall–Kier alpha value is -0.0800. The fourth-order valence-corrected chi connectivity index (χ4v) is 2.20. The van der Waals surface area contributed by atoms with E-state index in [0.29, 0.717) is 5.54 Å². The zero-order chi connectivity index (χ0) is 9.41. The molecule has 1 aliphatic heterocycles. The summed E-state index contributed by atoms with van der Waals surface area (Å²) in [6.07, 6.45) is 1.26. The van der Waals surface area contributed by atoms with Gasteiger partial charge in [0, 0.05) is 17.6 Å². The summed E-state index contributed by atoms with van der Waals surface area (Å²) >= 11 is 0. The molecule has 1 fully saturated rings. The van der Waals surface area contributed by atoms with Crippen molar-refractivity contribution in [3.05, 3.63) is 0 Å². The Morgan fingerprint density at radius 2 is 1.92 bits per heavy atom. The van der Waals surface area contributed by atoms with Crippen molar-refractivity contribution in [2.75, 3.05) is 20.1 Å². The van der Waals surface area contributed by atoms with Crippen molar-refractivity contribution in [2.45, 2.75) is 45.2 Å². The van der Waals surface area contributed by atoms with Gasteiger partial charge in [-0.25, -0.2) is 0 Å². The molecule has 0 aromatic rings. The van der Waals surface area contributed by atoms with Crippen LogP contribution in [0.5, 0.6) is 0 Å². The van der Waals surface area contributed by atoms with Crippen molar-refractivity contribution in [3.63, 3.8) is 0 Å². The van der Waals surface area contributed by atoms with Crippen molar-refractivity contribution < 1.29 is 0 Å². The zero-order valence-corrected chi connectivity index (χ0v) is 9.07. The van der Waals surface area contributed by atoms with Crippen LogP contribution < -0.4 is 5.32 Å². The van der Waals surface area contributed by atoms with E-state index in [1.54, 1.807) is 0 Å². The molecule has 72 valence electrons. The van der Waals surface area contributed by atoms with Gasteiger partial charge in [-0.2, -0.15) is 0 Å². The highest BCUT2D eigenvalue weighted by Crippen LogP contribution is 2.22.